The Morgan fingerprint density at radius 1 is 0.931 bits per heavy atom. The SMILES string of the molecule is CC(=O)Nc1cc(C(=O)NCCc2ccccc2)ccc1Sc1ccc(C)cc1. The predicted octanol–water partition coefficient (Wildman–Crippen LogP) is 5.08. The van der Waals surface area contributed by atoms with Crippen molar-refractivity contribution in [3.05, 3.63) is 89.5 Å². The lowest BCUT2D eigenvalue weighted by molar-refractivity contribution is -0.114. The molecule has 3 aromatic rings. The van der Waals surface area contributed by atoms with Gasteiger partial charge in [0.2, 0.25) is 5.91 Å². The van der Waals surface area contributed by atoms with Gasteiger partial charge >= 0.3 is 0 Å². The van der Waals surface area contributed by atoms with E-state index in [0.29, 0.717) is 17.8 Å². The topological polar surface area (TPSA) is 58.2 Å². The molecule has 4 nitrogen and oxygen atoms in total. The molecule has 3 aromatic carbocycles. The van der Waals surface area contributed by atoms with Crippen LogP contribution in [0.15, 0.2) is 82.6 Å². The molecule has 0 aliphatic heterocycles. The number of hydrogen-bond donors (Lipinski definition) is 2. The maximum absolute atomic E-state index is 12.5. The van der Waals surface area contributed by atoms with Gasteiger partial charge in [-0.2, -0.15) is 0 Å². The molecule has 0 spiro atoms. The van der Waals surface area contributed by atoms with E-state index in [2.05, 4.69) is 22.8 Å². The van der Waals surface area contributed by atoms with E-state index in [-0.39, 0.29) is 11.8 Å². The van der Waals surface area contributed by atoms with Crippen molar-refractivity contribution in [2.24, 2.45) is 0 Å². The fourth-order valence-corrected chi connectivity index (χ4v) is 3.73. The lowest BCUT2D eigenvalue weighted by Gasteiger charge is -2.12. The molecule has 2 amide bonds. The van der Waals surface area contributed by atoms with Gasteiger partial charge < -0.3 is 10.6 Å². The maximum Gasteiger partial charge on any atom is 0.251 e. The molecule has 0 aromatic heterocycles. The highest BCUT2D eigenvalue weighted by molar-refractivity contribution is 7.99. The van der Waals surface area contributed by atoms with Gasteiger partial charge in [0.15, 0.2) is 0 Å². The summed E-state index contributed by atoms with van der Waals surface area (Å²) in [5, 5.41) is 5.79. The van der Waals surface area contributed by atoms with Gasteiger partial charge in [-0.15, -0.1) is 0 Å². The molecule has 3 rings (SSSR count). The Bertz CT molecular complexity index is 986. The summed E-state index contributed by atoms with van der Waals surface area (Å²) in [6, 6.07) is 23.6. The molecule has 0 aliphatic carbocycles. The van der Waals surface area contributed by atoms with Crippen molar-refractivity contribution in [2.45, 2.75) is 30.1 Å². The normalized spacial score (nSPS) is 10.4. The summed E-state index contributed by atoms with van der Waals surface area (Å²) in [5.41, 5.74) is 3.53. The minimum atomic E-state index is -0.169. The second-order valence-corrected chi connectivity index (χ2v) is 7.91. The third-order valence-corrected chi connectivity index (χ3v) is 5.43. The molecule has 0 fully saturated rings. The van der Waals surface area contributed by atoms with Crippen LogP contribution in [-0.4, -0.2) is 18.4 Å². The number of aryl methyl sites for hydroxylation is 1. The molecule has 0 aliphatic rings. The van der Waals surface area contributed by atoms with Crippen molar-refractivity contribution in [1.29, 1.82) is 0 Å². The molecule has 0 heterocycles. The number of rotatable bonds is 7. The molecule has 148 valence electrons. The van der Waals surface area contributed by atoms with Gasteiger partial charge in [-0.05, 0) is 49.2 Å². The molecule has 0 bridgehead atoms. The summed E-state index contributed by atoms with van der Waals surface area (Å²) in [6.45, 7) is 4.06. The highest BCUT2D eigenvalue weighted by atomic mass is 32.2. The van der Waals surface area contributed by atoms with E-state index in [4.69, 9.17) is 0 Å². The smallest absolute Gasteiger partial charge is 0.251 e. The van der Waals surface area contributed by atoms with Crippen LogP contribution in [0.3, 0.4) is 0 Å². The number of anilines is 1. The van der Waals surface area contributed by atoms with Gasteiger partial charge in [0, 0.05) is 28.8 Å². The number of carbonyl (C=O) groups is 2. The zero-order chi connectivity index (χ0) is 20.6. The average molecular weight is 405 g/mol. The summed E-state index contributed by atoms with van der Waals surface area (Å²) in [5.74, 6) is -0.322. The Labute approximate surface area is 175 Å². The van der Waals surface area contributed by atoms with Crippen LogP contribution in [-0.2, 0) is 11.2 Å². The average Bonchev–Trinajstić information content (AvgIpc) is 2.71. The molecule has 2 N–H and O–H groups in total. The largest absolute Gasteiger partial charge is 0.352 e. The second kappa shape index (κ2) is 9.94. The summed E-state index contributed by atoms with van der Waals surface area (Å²) in [6.07, 6.45) is 0.770. The third kappa shape index (κ3) is 6.22. The summed E-state index contributed by atoms with van der Waals surface area (Å²) < 4.78 is 0. The number of nitrogens with one attached hydrogen (secondary N) is 2. The van der Waals surface area contributed by atoms with Crippen LogP contribution in [0.5, 0.6) is 0 Å². The van der Waals surface area contributed by atoms with Crippen molar-refractivity contribution in [3.63, 3.8) is 0 Å². The Morgan fingerprint density at radius 2 is 1.66 bits per heavy atom. The molecular formula is C24H24N2O2S. The molecule has 0 atom stereocenters. The Hall–Kier alpha value is -3.05. The molecule has 0 saturated heterocycles. The van der Waals surface area contributed by atoms with Crippen molar-refractivity contribution in [3.8, 4) is 0 Å². The van der Waals surface area contributed by atoms with Crippen molar-refractivity contribution < 1.29 is 9.59 Å². The zero-order valence-electron chi connectivity index (χ0n) is 16.6. The fraction of sp³-hybridized carbons (Fsp3) is 0.167. The van der Waals surface area contributed by atoms with Gasteiger partial charge in [0.1, 0.15) is 0 Å². The van der Waals surface area contributed by atoms with Crippen LogP contribution in [0.25, 0.3) is 0 Å². The van der Waals surface area contributed by atoms with Crippen molar-refractivity contribution in [2.75, 3.05) is 11.9 Å². The first-order valence-corrected chi connectivity index (χ1v) is 10.3. The summed E-state index contributed by atoms with van der Waals surface area (Å²) in [7, 11) is 0. The summed E-state index contributed by atoms with van der Waals surface area (Å²) >= 11 is 1.55. The first-order valence-electron chi connectivity index (χ1n) is 9.49. The number of carbonyl (C=O) groups excluding carboxylic acids is 2. The zero-order valence-corrected chi connectivity index (χ0v) is 17.4. The second-order valence-electron chi connectivity index (χ2n) is 6.80. The molecule has 29 heavy (non-hydrogen) atoms. The highest BCUT2D eigenvalue weighted by Crippen LogP contribution is 2.34. The first-order chi connectivity index (χ1) is 14.0. The quantitative estimate of drug-likeness (QED) is 0.577. The van der Waals surface area contributed by atoms with E-state index >= 15 is 0 Å². The van der Waals surface area contributed by atoms with Gasteiger partial charge in [-0.1, -0.05) is 59.8 Å². The number of amides is 2. The summed E-state index contributed by atoms with van der Waals surface area (Å²) in [4.78, 5) is 26.2. The molecular weight excluding hydrogens is 380 g/mol. The lowest BCUT2D eigenvalue weighted by atomic mass is 10.1. The van der Waals surface area contributed by atoms with E-state index in [0.717, 1.165) is 16.2 Å². The molecule has 0 saturated carbocycles. The van der Waals surface area contributed by atoms with E-state index < -0.39 is 0 Å². The lowest BCUT2D eigenvalue weighted by Crippen LogP contribution is -2.25. The standard InChI is InChI=1S/C24H24N2O2S/c1-17-8-11-21(12-9-17)29-23-13-10-20(16-22(23)26-18(2)27)24(28)25-15-14-19-6-4-3-5-7-19/h3-13,16H,14-15H2,1-2H3,(H,25,28)(H,26,27). The Morgan fingerprint density at radius 3 is 2.34 bits per heavy atom. The first kappa shape index (κ1) is 20.7. The van der Waals surface area contributed by atoms with Gasteiger partial charge in [0.25, 0.3) is 5.91 Å². The highest BCUT2D eigenvalue weighted by Gasteiger charge is 2.12. The van der Waals surface area contributed by atoms with Gasteiger partial charge in [0.05, 0.1) is 5.69 Å². The fourth-order valence-electron chi connectivity index (χ4n) is 2.85. The van der Waals surface area contributed by atoms with Crippen LogP contribution in [0.1, 0.15) is 28.4 Å². The van der Waals surface area contributed by atoms with Crippen molar-refractivity contribution in [1.82, 2.24) is 5.32 Å². The molecule has 5 heteroatoms. The van der Waals surface area contributed by atoms with E-state index in [1.807, 2.05) is 55.5 Å². The third-order valence-electron chi connectivity index (χ3n) is 4.34. The van der Waals surface area contributed by atoms with Crippen LogP contribution in [0.4, 0.5) is 5.69 Å². The Balaban J connectivity index is 1.71. The van der Waals surface area contributed by atoms with E-state index in [1.54, 1.807) is 23.9 Å². The number of hydrogen-bond acceptors (Lipinski definition) is 3. The van der Waals surface area contributed by atoms with Crippen LogP contribution < -0.4 is 10.6 Å². The van der Waals surface area contributed by atoms with Crippen molar-refractivity contribution >= 4 is 29.3 Å². The maximum atomic E-state index is 12.5. The predicted molar refractivity (Wildman–Crippen MR) is 119 cm³/mol. The minimum absolute atomic E-state index is 0.153. The monoisotopic (exact) mass is 404 g/mol. The van der Waals surface area contributed by atoms with E-state index in [9.17, 15) is 9.59 Å². The Kier molecular flexibility index (Phi) is 7.09. The van der Waals surface area contributed by atoms with Gasteiger partial charge in [-0.25, -0.2) is 0 Å². The minimum Gasteiger partial charge on any atom is -0.352 e. The van der Waals surface area contributed by atoms with Crippen LogP contribution in [0.2, 0.25) is 0 Å². The number of benzene rings is 3. The van der Waals surface area contributed by atoms with E-state index in [1.165, 1.54) is 18.1 Å². The van der Waals surface area contributed by atoms with Crippen LogP contribution >= 0.6 is 11.8 Å². The molecule has 0 unspecified atom stereocenters. The van der Waals surface area contributed by atoms with Crippen LogP contribution in [0, 0.1) is 6.92 Å². The molecule has 0 radical (unpaired) electrons. The van der Waals surface area contributed by atoms with Gasteiger partial charge in [-0.3, -0.25) is 9.59 Å².